The molecule has 334 valence electrons. The summed E-state index contributed by atoms with van der Waals surface area (Å²) >= 11 is 0. The van der Waals surface area contributed by atoms with E-state index in [4.69, 9.17) is 0 Å². The molecule has 72 heavy (non-hydrogen) atoms. The third-order valence-corrected chi connectivity index (χ3v) is 15.0. The summed E-state index contributed by atoms with van der Waals surface area (Å²) in [7, 11) is 0. The number of hydrogen-bond donors (Lipinski definition) is 0. The van der Waals surface area contributed by atoms with Gasteiger partial charge in [0.1, 0.15) is 0 Å². The first-order valence-electron chi connectivity index (χ1n) is 25.0. The highest BCUT2D eigenvalue weighted by Crippen LogP contribution is 2.47. The van der Waals surface area contributed by atoms with Gasteiger partial charge in [0.15, 0.2) is 0 Å². The largest absolute Gasteiger partial charge is 0.0622 e. The molecule has 14 rings (SSSR count). The van der Waals surface area contributed by atoms with Crippen LogP contribution in [0.5, 0.6) is 0 Å². The second-order valence-corrected chi connectivity index (χ2v) is 19.1. The van der Waals surface area contributed by atoms with Crippen LogP contribution in [0.1, 0.15) is 0 Å². The lowest BCUT2D eigenvalue weighted by Gasteiger charge is -2.19. The highest BCUT2D eigenvalue weighted by atomic mass is 14.2. The molecule has 0 spiro atoms. The minimum absolute atomic E-state index is 1.20. The van der Waals surface area contributed by atoms with E-state index in [9.17, 15) is 0 Å². The quantitative estimate of drug-likeness (QED) is 0.140. The normalized spacial score (nSPS) is 11.6. The van der Waals surface area contributed by atoms with E-state index in [1.165, 1.54) is 143 Å². The van der Waals surface area contributed by atoms with Gasteiger partial charge in [-0.05, 0) is 173 Å². The number of hydrogen-bond acceptors (Lipinski definition) is 0. The lowest BCUT2D eigenvalue weighted by atomic mass is 9.85. The third kappa shape index (κ3) is 7.07. The van der Waals surface area contributed by atoms with Crippen molar-refractivity contribution in [2.75, 3.05) is 0 Å². The van der Waals surface area contributed by atoms with Gasteiger partial charge in [0.2, 0.25) is 0 Å². The Kier molecular flexibility index (Phi) is 9.96. The van der Waals surface area contributed by atoms with Crippen molar-refractivity contribution in [1.82, 2.24) is 0 Å². The van der Waals surface area contributed by atoms with Gasteiger partial charge >= 0.3 is 0 Å². The summed E-state index contributed by atoms with van der Waals surface area (Å²) in [5.74, 6) is 0. The molecule has 0 heteroatoms. The van der Waals surface area contributed by atoms with Crippen molar-refractivity contribution >= 4 is 64.6 Å². The first-order chi connectivity index (χ1) is 35.7. The molecule has 0 fully saturated rings. The van der Waals surface area contributed by atoms with E-state index in [0.29, 0.717) is 0 Å². The molecule has 0 atom stereocenters. The zero-order valence-electron chi connectivity index (χ0n) is 39.6. The maximum atomic E-state index is 2.38. The van der Waals surface area contributed by atoms with Gasteiger partial charge in [-0.3, -0.25) is 0 Å². The maximum absolute atomic E-state index is 2.38. The van der Waals surface area contributed by atoms with E-state index < -0.39 is 0 Å². The van der Waals surface area contributed by atoms with Gasteiger partial charge in [0.25, 0.3) is 0 Å². The van der Waals surface area contributed by atoms with E-state index >= 15 is 0 Å². The molecule has 0 unspecified atom stereocenters. The Morgan fingerprint density at radius 1 is 0.125 bits per heavy atom. The van der Waals surface area contributed by atoms with Crippen LogP contribution >= 0.6 is 0 Å². The molecule has 0 N–H and O–H groups in total. The van der Waals surface area contributed by atoms with Crippen LogP contribution in [0.2, 0.25) is 0 Å². The predicted molar refractivity (Wildman–Crippen MR) is 310 cm³/mol. The molecule has 0 heterocycles. The molecule has 0 nitrogen and oxygen atoms in total. The first-order valence-corrected chi connectivity index (χ1v) is 25.0. The van der Waals surface area contributed by atoms with Crippen molar-refractivity contribution in [3.8, 4) is 77.9 Å². The standard InChI is InChI=1S/C72H46/c1-2-16-47(17-3-1)52-20-14-22-58(44-52)70-63-26-8-6-24-61(63)69(62-25-7-9-27-64(62)70)50-35-32-49(33-36-50)54-38-39-57-46-60(41-40-56(57)43-54)72-67-30-12-10-28-65(67)71(66-29-11-13-31-68(66)72)59-23-15-21-53(45-59)55-37-34-48-18-4-5-19-51(48)42-55/h1-46H. The lowest BCUT2D eigenvalue weighted by molar-refractivity contribution is 1.61. The fraction of sp³-hybridized carbons (Fsp3) is 0. The van der Waals surface area contributed by atoms with Gasteiger partial charge < -0.3 is 0 Å². The van der Waals surface area contributed by atoms with E-state index in [0.717, 1.165) is 0 Å². The Balaban J connectivity index is 0.824. The summed E-state index contributed by atoms with van der Waals surface area (Å²) in [5.41, 5.74) is 17.3. The third-order valence-electron chi connectivity index (χ3n) is 15.0. The van der Waals surface area contributed by atoms with Crippen molar-refractivity contribution in [2.24, 2.45) is 0 Å². The number of rotatable bonds is 7. The predicted octanol–water partition coefficient (Wildman–Crippen LogP) is 20.3. The maximum Gasteiger partial charge on any atom is -0.00262 e. The van der Waals surface area contributed by atoms with Gasteiger partial charge in [0.05, 0.1) is 0 Å². The Labute approximate surface area is 419 Å². The summed E-state index contributed by atoms with van der Waals surface area (Å²) in [5, 5.41) is 15.0. The molecule has 0 saturated heterocycles. The Morgan fingerprint density at radius 3 is 0.861 bits per heavy atom. The van der Waals surface area contributed by atoms with E-state index in [1.807, 2.05) is 0 Å². The highest BCUT2D eigenvalue weighted by Gasteiger charge is 2.19. The fourth-order valence-electron chi connectivity index (χ4n) is 11.6. The van der Waals surface area contributed by atoms with Crippen molar-refractivity contribution < 1.29 is 0 Å². The molecule has 0 amide bonds. The van der Waals surface area contributed by atoms with Gasteiger partial charge in [0, 0.05) is 0 Å². The Hall–Kier alpha value is -9.36. The molecular formula is C72H46. The van der Waals surface area contributed by atoms with Crippen LogP contribution in [0.3, 0.4) is 0 Å². The van der Waals surface area contributed by atoms with Gasteiger partial charge in [-0.1, -0.05) is 249 Å². The SMILES string of the molecule is c1ccc(-c2cccc(-c3c4ccccc4c(-c4ccc(-c5ccc6cc(-c7c8ccccc8c(-c8cccc(-c9ccc%10ccccc%10c9)c8)c8ccccc78)ccc6c5)cc4)c4ccccc34)c2)cc1. The van der Waals surface area contributed by atoms with Crippen LogP contribution in [0.15, 0.2) is 279 Å². The summed E-state index contributed by atoms with van der Waals surface area (Å²) < 4.78 is 0. The van der Waals surface area contributed by atoms with Gasteiger partial charge in [-0.15, -0.1) is 0 Å². The molecule has 14 aromatic rings. The second-order valence-electron chi connectivity index (χ2n) is 19.1. The van der Waals surface area contributed by atoms with Crippen molar-refractivity contribution in [3.05, 3.63) is 279 Å². The van der Waals surface area contributed by atoms with Crippen molar-refractivity contribution in [2.45, 2.75) is 0 Å². The molecule has 0 aliphatic rings. The lowest BCUT2D eigenvalue weighted by Crippen LogP contribution is -1.91. The second kappa shape index (κ2) is 17.2. The average molecular weight is 911 g/mol. The average Bonchev–Trinajstić information content (AvgIpc) is 3.46. The van der Waals surface area contributed by atoms with Crippen molar-refractivity contribution in [3.63, 3.8) is 0 Å². The molecule has 0 aromatic heterocycles. The van der Waals surface area contributed by atoms with Crippen LogP contribution in [0.4, 0.5) is 0 Å². The molecule has 0 bridgehead atoms. The van der Waals surface area contributed by atoms with Crippen LogP contribution < -0.4 is 0 Å². The fourth-order valence-corrected chi connectivity index (χ4v) is 11.6. The van der Waals surface area contributed by atoms with Crippen LogP contribution in [-0.2, 0) is 0 Å². The zero-order valence-corrected chi connectivity index (χ0v) is 39.6. The van der Waals surface area contributed by atoms with E-state index in [1.54, 1.807) is 0 Å². The molecule has 0 radical (unpaired) electrons. The van der Waals surface area contributed by atoms with Crippen molar-refractivity contribution in [1.29, 1.82) is 0 Å². The molecule has 0 aliphatic carbocycles. The molecular weight excluding hydrogens is 865 g/mol. The van der Waals surface area contributed by atoms with Crippen LogP contribution in [0, 0.1) is 0 Å². The molecule has 0 aliphatic heterocycles. The van der Waals surface area contributed by atoms with E-state index in [-0.39, 0.29) is 0 Å². The molecule has 0 saturated carbocycles. The van der Waals surface area contributed by atoms with Crippen LogP contribution in [-0.4, -0.2) is 0 Å². The first kappa shape index (κ1) is 41.6. The van der Waals surface area contributed by atoms with Gasteiger partial charge in [-0.25, -0.2) is 0 Å². The monoisotopic (exact) mass is 910 g/mol. The number of fused-ring (bicyclic) bond motifs is 6. The smallest absolute Gasteiger partial charge is 0.00262 e. The highest BCUT2D eigenvalue weighted by molar-refractivity contribution is 6.23. The Morgan fingerprint density at radius 2 is 0.375 bits per heavy atom. The summed E-state index contributed by atoms with van der Waals surface area (Å²) in [4.78, 5) is 0. The summed E-state index contributed by atoms with van der Waals surface area (Å²) in [6.07, 6.45) is 0. The minimum atomic E-state index is 1.20. The van der Waals surface area contributed by atoms with E-state index in [2.05, 4.69) is 279 Å². The topological polar surface area (TPSA) is 0 Å². The minimum Gasteiger partial charge on any atom is -0.0622 e. The molecule has 14 aromatic carbocycles. The Bertz CT molecular complexity index is 4310. The summed E-state index contributed by atoms with van der Waals surface area (Å²) in [6.45, 7) is 0. The van der Waals surface area contributed by atoms with Crippen LogP contribution in [0.25, 0.3) is 143 Å². The summed E-state index contributed by atoms with van der Waals surface area (Å²) in [6, 6.07) is 103. The van der Waals surface area contributed by atoms with Gasteiger partial charge in [-0.2, -0.15) is 0 Å². The number of benzene rings is 14. The zero-order chi connectivity index (χ0) is 47.5.